The summed E-state index contributed by atoms with van der Waals surface area (Å²) in [6.07, 6.45) is 0.910. The molecule has 0 aliphatic rings. The first-order chi connectivity index (χ1) is 8.45. The van der Waals surface area contributed by atoms with Crippen LogP contribution in [-0.4, -0.2) is 11.9 Å². The maximum Gasteiger partial charge on any atom is 0.237 e. The number of hydrogen-bond donors (Lipinski definition) is 2. The minimum absolute atomic E-state index is 0.00629. The normalized spacial score (nSPS) is 15.8. The van der Waals surface area contributed by atoms with Gasteiger partial charge in [0.15, 0.2) is 0 Å². The predicted octanol–water partition coefficient (Wildman–Crippen LogP) is 2.55. The second-order valence-corrected chi connectivity index (χ2v) is 5.05. The number of nitrogens with one attached hydrogen (secondary N) is 1. The topological polar surface area (TPSA) is 55.1 Å². The summed E-state index contributed by atoms with van der Waals surface area (Å²) in [6.45, 7) is 8.07. The molecule has 3 heteroatoms. The molecule has 0 aliphatic carbocycles. The van der Waals surface area contributed by atoms with Crippen LogP contribution in [0.1, 0.15) is 44.4 Å². The highest BCUT2D eigenvalue weighted by atomic mass is 16.2. The van der Waals surface area contributed by atoms with E-state index in [1.807, 2.05) is 52.0 Å². The summed E-state index contributed by atoms with van der Waals surface area (Å²) >= 11 is 0. The van der Waals surface area contributed by atoms with Crippen LogP contribution in [0.5, 0.6) is 0 Å². The number of hydrogen-bond acceptors (Lipinski definition) is 2. The minimum Gasteiger partial charge on any atom is -0.348 e. The summed E-state index contributed by atoms with van der Waals surface area (Å²) in [5, 5.41) is 2.97. The van der Waals surface area contributed by atoms with Crippen molar-refractivity contribution < 1.29 is 4.79 Å². The zero-order valence-electron chi connectivity index (χ0n) is 11.7. The molecule has 3 nitrogen and oxygen atoms in total. The molecule has 0 saturated heterocycles. The molecule has 0 heterocycles. The van der Waals surface area contributed by atoms with Crippen molar-refractivity contribution in [3.63, 3.8) is 0 Å². The summed E-state index contributed by atoms with van der Waals surface area (Å²) in [5.74, 6) is 0.132. The molecule has 0 saturated carbocycles. The van der Waals surface area contributed by atoms with E-state index in [1.165, 1.54) is 5.56 Å². The summed E-state index contributed by atoms with van der Waals surface area (Å²) in [5.41, 5.74) is 8.23. The van der Waals surface area contributed by atoms with Gasteiger partial charge < -0.3 is 11.1 Å². The van der Waals surface area contributed by atoms with E-state index in [0.29, 0.717) is 0 Å². The van der Waals surface area contributed by atoms with E-state index in [0.717, 1.165) is 12.0 Å². The van der Waals surface area contributed by atoms with Crippen molar-refractivity contribution in [3.05, 3.63) is 35.4 Å². The fourth-order valence-corrected chi connectivity index (χ4v) is 1.76. The second-order valence-electron chi connectivity index (χ2n) is 5.05. The molecule has 0 aliphatic heterocycles. The van der Waals surface area contributed by atoms with Crippen molar-refractivity contribution in [1.29, 1.82) is 0 Å². The quantitative estimate of drug-likeness (QED) is 0.841. The van der Waals surface area contributed by atoms with Gasteiger partial charge in [0.25, 0.3) is 0 Å². The highest BCUT2D eigenvalue weighted by Crippen LogP contribution is 2.14. The molecule has 0 radical (unpaired) electrons. The fourth-order valence-electron chi connectivity index (χ4n) is 1.76. The van der Waals surface area contributed by atoms with Crippen LogP contribution in [0.4, 0.5) is 0 Å². The Hall–Kier alpha value is -1.35. The lowest BCUT2D eigenvalue weighted by Gasteiger charge is -2.21. The zero-order valence-corrected chi connectivity index (χ0v) is 11.7. The second kappa shape index (κ2) is 6.55. The van der Waals surface area contributed by atoms with Gasteiger partial charge in [0.05, 0.1) is 12.1 Å². The maximum atomic E-state index is 12.0. The third-order valence-corrected chi connectivity index (χ3v) is 3.50. The van der Waals surface area contributed by atoms with Crippen LogP contribution < -0.4 is 11.1 Å². The first-order valence-electron chi connectivity index (χ1n) is 6.58. The largest absolute Gasteiger partial charge is 0.348 e. The molecule has 18 heavy (non-hydrogen) atoms. The van der Waals surface area contributed by atoms with Gasteiger partial charge in [-0.15, -0.1) is 0 Å². The van der Waals surface area contributed by atoms with Crippen LogP contribution in [0, 0.1) is 12.8 Å². The van der Waals surface area contributed by atoms with Gasteiger partial charge in [0, 0.05) is 0 Å². The van der Waals surface area contributed by atoms with Crippen molar-refractivity contribution >= 4 is 5.91 Å². The molecule has 0 fully saturated rings. The van der Waals surface area contributed by atoms with Gasteiger partial charge in [-0.25, -0.2) is 0 Å². The minimum atomic E-state index is -0.428. The van der Waals surface area contributed by atoms with E-state index in [9.17, 15) is 4.79 Å². The summed E-state index contributed by atoms with van der Waals surface area (Å²) in [6, 6.07) is 7.74. The molecule has 3 atom stereocenters. The number of carbonyl (C=O) groups is 1. The molecule has 100 valence electrons. The van der Waals surface area contributed by atoms with E-state index < -0.39 is 6.04 Å². The predicted molar refractivity (Wildman–Crippen MR) is 75.2 cm³/mol. The molecule has 1 rings (SSSR count). The van der Waals surface area contributed by atoms with E-state index in [4.69, 9.17) is 5.73 Å². The molecule has 1 amide bonds. The van der Waals surface area contributed by atoms with Crippen LogP contribution in [0.25, 0.3) is 0 Å². The number of nitrogens with two attached hydrogens (primary N) is 1. The number of aryl methyl sites for hydroxylation is 1. The molecule has 1 aromatic rings. The Balaban J connectivity index is 2.61. The average molecular weight is 248 g/mol. The summed E-state index contributed by atoms with van der Waals surface area (Å²) < 4.78 is 0. The van der Waals surface area contributed by atoms with Crippen molar-refractivity contribution in [3.8, 4) is 0 Å². The van der Waals surface area contributed by atoms with Crippen molar-refractivity contribution in [1.82, 2.24) is 5.32 Å². The monoisotopic (exact) mass is 248 g/mol. The third kappa shape index (κ3) is 3.84. The smallest absolute Gasteiger partial charge is 0.237 e. The maximum absolute atomic E-state index is 12.0. The van der Waals surface area contributed by atoms with Crippen LogP contribution >= 0.6 is 0 Å². The Morgan fingerprint density at radius 2 is 1.83 bits per heavy atom. The van der Waals surface area contributed by atoms with E-state index >= 15 is 0 Å². The van der Waals surface area contributed by atoms with Crippen LogP contribution in [-0.2, 0) is 4.79 Å². The molecule has 1 unspecified atom stereocenters. The molecular weight excluding hydrogens is 224 g/mol. The van der Waals surface area contributed by atoms with Crippen molar-refractivity contribution in [2.75, 3.05) is 0 Å². The summed E-state index contributed by atoms with van der Waals surface area (Å²) in [4.78, 5) is 12.0. The molecule has 0 spiro atoms. The number of amides is 1. The Morgan fingerprint density at radius 3 is 2.33 bits per heavy atom. The summed E-state index contributed by atoms with van der Waals surface area (Å²) in [7, 11) is 0. The average Bonchev–Trinajstić information content (AvgIpc) is 2.37. The number of rotatable bonds is 5. The molecule has 1 aromatic carbocycles. The molecule has 0 bridgehead atoms. The van der Waals surface area contributed by atoms with Crippen LogP contribution in [0.2, 0.25) is 0 Å². The van der Waals surface area contributed by atoms with Gasteiger partial charge in [0.1, 0.15) is 0 Å². The van der Waals surface area contributed by atoms with Crippen molar-refractivity contribution in [2.24, 2.45) is 11.7 Å². The number of carbonyl (C=O) groups excluding carboxylic acids is 1. The Kier molecular flexibility index (Phi) is 5.35. The SMILES string of the molecule is CCC(C)[C@H](N)C(=O)N[C@H](C)c1ccc(C)cc1. The van der Waals surface area contributed by atoms with Gasteiger partial charge in [-0.2, -0.15) is 0 Å². The van der Waals surface area contributed by atoms with E-state index in [2.05, 4.69) is 5.32 Å². The number of benzene rings is 1. The lowest BCUT2D eigenvalue weighted by Crippen LogP contribution is -2.45. The van der Waals surface area contributed by atoms with Gasteiger partial charge >= 0.3 is 0 Å². The molecule has 3 N–H and O–H groups in total. The zero-order chi connectivity index (χ0) is 13.7. The van der Waals surface area contributed by atoms with Gasteiger partial charge in [-0.1, -0.05) is 50.1 Å². The van der Waals surface area contributed by atoms with Crippen molar-refractivity contribution in [2.45, 2.75) is 46.2 Å². The lowest BCUT2D eigenvalue weighted by molar-refractivity contribution is -0.124. The Morgan fingerprint density at radius 1 is 1.28 bits per heavy atom. The Bertz CT molecular complexity index is 386. The van der Waals surface area contributed by atoms with Crippen LogP contribution in [0.15, 0.2) is 24.3 Å². The first kappa shape index (κ1) is 14.7. The third-order valence-electron chi connectivity index (χ3n) is 3.50. The standard InChI is InChI=1S/C15H24N2O/c1-5-11(3)14(16)15(18)17-12(4)13-8-6-10(2)7-9-13/h6-9,11-12,14H,5,16H2,1-4H3,(H,17,18)/t11?,12-,14+/m1/s1. The Labute approximate surface area is 110 Å². The highest BCUT2D eigenvalue weighted by molar-refractivity contribution is 5.82. The molecule has 0 aromatic heterocycles. The highest BCUT2D eigenvalue weighted by Gasteiger charge is 2.20. The first-order valence-corrected chi connectivity index (χ1v) is 6.58. The van der Waals surface area contributed by atoms with E-state index in [-0.39, 0.29) is 17.9 Å². The van der Waals surface area contributed by atoms with E-state index in [1.54, 1.807) is 0 Å². The fraction of sp³-hybridized carbons (Fsp3) is 0.533. The lowest BCUT2D eigenvalue weighted by atomic mass is 9.98. The molecular formula is C15H24N2O. The van der Waals surface area contributed by atoms with Gasteiger partial charge in [-0.05, 0) is 25.3 Å². The van der Waals surface area contributed by atoms with Gasteiger partial charge in [-0.3, -0.25) is 4.79 Å². The van der Waals surface area contributed by atoms with Crippen LogP contribution in [0.3, 0.4) is 0 Å². The van der Waals surface area contributed by atoms with Gasteiger partial charge in [0.2, 0.25) is 5.91 Å².